The number of aryl methyl sites for hydroxylation is 2. The van der Waals surface area contributed by atoms with Crippen LogP contribution in [0.2, 0.25) is 0 Å². The Kier molecular flexibility index (Phi) is 4.00. The zero-order chi connectivity index (χ0) is 26.7. The predicted molar refractivity (Wildman–Crippen MR) is 153 cm³/mol. The molecule has 0 fully saturated rings. The predicted octanol–water partition coefficient (Wildman–Crippen LogP) is 5.50. The monoisotopic (exact) mass is 540 g/mol. The normalized spacial score (nSPS) is 12.5. The minimum Gasteiger partial charge on any atom is -0.507 e. The van der Waals surface area contributed by atoms with Gasteiger partial charge in [0.25, 0.3) is 0 Å². The summed E-state index contributed by atoms with van der Waals surface area (Å²) in [4.78, 5) is 26.7. The van der Waals surface area contributed by atoms with Crippen molar-refractivity contribution in [3.63, 3.8) is 0 Å². The third-order valence-corrected chi connectivity index (χ3v) is 8.25. The van der Waals surface area contributed by atoms with Crippen LogP contribution in [0.3, 0.4) is 0 Å². The lowest BCUT2D eigenvalue weighted by Crippen LogP contribution is -2.08. The van der Waals surface area contributed by atoms with Gasteiger partial charge >= 0.3 is 0 Å². The summed E-state index contributed by atoms with van der Waals surface area (Å²) in [6, 6.07) is 4.77. The Morgan fingerprint density at radius 2 is 0.667 bits per heavy atom. The molecule has 0 saturated carbocycles. The van der Waals surface area contributed by atoms with E-state index in [0.717, 1.165) is 12.1 Å². The first-order chi connectivity index (χ1) is 18.0. The van der Waals surface area contributed by atoms with E-state index >= 15 is 0 Å². The number of benzene rings is 8. The molecule has 0 amide bonds. The number of fused-ring (bicyclic) bond motifs is 2. The van der Waals surface area contributed by atoms with Crippen LogP contribution in [0.5, 0.6) is 34.5 Å². The van der Waals surface area contributed by atoms with Gasteiger partial charge in [-0.05, 0) is 47.9 Å². The Balaban J connectivity index is 0.00000253. The smallest absolute Gasteiger partial charge is 0.190 e. The summed E-state index contributed by atoms with van der Waals surface area (Å²) in [6.45, 7) is 3.47. The number of hydrogen-bond donors (Lipinski definition) is 6. The quantitative estimate of drug-likeness (QED) is 0.109. The van der Waals surface area contributed by atoms with Crippen molar-refractivity contribution in [1.29, 1.82) is 0 Å². The topological polar surface area (TPSA) is 156 Å². The summed E-state index contributed by atoms with van der Waals surface area (Å²) in [7, 11) is 0. The van der Waals surface area contributed by atoms with Gasteiger partial charge in [-0.1, -0.05) is 0 Å². The van der Waals surface area contributed by atoms with Crippen molar-refractivity contribution in [3.8, 4) is 34.5 Å². The highest BCUT2D eigenvalue weighted by Crippen LogP contribution is 2.60. The Morgan fingerprint density at radius 1 is 0.385 bits per heavy atom. The Morgan fingerprint density at radius 3 is 1.03 bits per heavy atom. The molecule has 0 heterocycles. The summed E-state index contributed by atoms with van der Waals surface area (Å²) < 4.78 is 0. The van der Waals surface area contributed by atoms with Gasteiger partial charge in [-0.2, -0.15) is 0 Å². The molecule has 0 bridgehead atoms. The molecule has 39 heavy (non-hydrogen) atoms. The van der Waals surface area contributed by atoms with Gasteiger partial charge < -0.3 is 30.6 Å². The Hall–Kier alpha value is -4.95. The maximum atomic E-state index is 13.4. The molecule has 192 valence electrons. The molecular weight excluding hydrogens is 524 g/mol. The minimum atomic E-state index is -0.483. The molecule has 0 unspecified atom stereocenters. The third kappa shape index (κ3) is 2.25. The molecule has 9 heteroatoms. The molecule has 0 atom stereocenters. The van der Waals surface area contributed by atoms with Crippen molar-refractivity contribution in [2.45, 2.75) is 13.8 Å². The van der Waals surface area contributed by atoms with Gasteiger partial charge in [-0.15, -0.1) is 12.4 Å². The van der Waals surface area contributed by atoms with E-state index < -0.39 is 45.4 Å². The van der Waals surface area contributed by atoms with Crippen LogP contribution in [0, 0.1) is 13.8 Å². The molecule has 0 aromatic heterocycles. The van der Waals surface area contributed by atoms with Crippen LogP contribution in [0.4, 0.5) is 0 Å². The average molecular weight is 541 g/mol. The second kappa shape index (κ2) is 6.73. The molecule has 0 aliphatic rings. The summed E-state index contributed by atoms with van der Waals surface area (Å²) >= 11 is 0. The van der Waals surface area contributed by atoms with Gasteiger partial charge in [0.2, 0.25) is 0 Å². The Labute approximate surface area is 222 Å². The van der Waals surface area contributed by atoms with Crippen molar-refractivity contribution in [1.82, 2.24) is 0 Å². The summed E-state index contributed by atoms with van der Waals surface area (Å²) in [5.41, 5.74) is 0.175. The molecule has 0 saturated heterocycles. The first kappa shape index (κ1) is 23.2. The maximum Gasteiger partial charge on any atom is 0.190 e. The highest BCUT2D eigenvalue weighted by Gasteiger charge is 2.33. The van der Waals surface area contributed by atoms with Gasteiger partial charge in [-0.25, -0.2) is 0 Å². The largest absolute Gasteiger partial charge is 0.507 e. The van der Waals surface area contributed by atoms with Crippen LogP contribution in [0.1, 0.15) is 11.1 Å². The molecule has 6 N–H and O–H groups in total. The Bertz CT molecular complexity index is 2340. The van der Waals surface area contributed by atoms with E-state index in [9.17, 15) is 40.2 Å². The molecule has 8 rings (SSSR count). The molecule has 0 radical (unpaired) electrons. The van der Waals surface area contributed by atoms with Crippen molar-refractivity contribution in [2.75, 3.05) is 0 Å². The molecular formula is C30H17ClO8. The van der Waals surface area contributed by atoms with E-state index in [1.54, 1.807) is 13.8 Å². The van der Waals surface area contributed by atoms with Crippen LogP contribution in [-0.4, -0.2) is 30.6 Å². The lowest BCUT2D eigenvalue weighted by atomic mass is 9.78. The van der Waals surface area contributed by atoms with E-state index in [1.807, 2.05) is 0 Å². The fourth-order valence-electron chi connectivity index (χ4n) is 6.98. The second-order valence-corrected chi connectivity index (χ2v) is 10.2. The van der Waals surface area contributed by atoms with Crippen LogP contribution in [0.25, 0.3) is 75.4 Å². The summed E-state index contributed by atoms with van der Waals surface area (Å²) in [5.74, 6) is -2.75. The van der Waals surface area contributed by atoms with E-state index in [4.69, 9.17) is 0 Å². The number of aromatic hydroxyl groups is 6. The van der Waals surface area contributed by atoms with Gasteiger partial charge in [0, 0.05) is 55.2 Å². The average Bonchev–Trinajstić information content (AvgIpc) is 2.82. The number of phenols is 6. The zero-order valence-corrected chi connectivity index (χ0v) is 21.0. The zero-order valence-electron chi connectivity index (χ0n) is 20.2. The van der Waals surface area contributed by atoms with Crippen LogP contribution < -0.4 is 10.9 Å². The van der Waals surface area contributed by atoms with Gasteiger partial charge in [0.05, 0.1) is 21.5 Å². The van der Waals surface area contributed by atoms with Crippen molar-refractivity contribution in [3.05, 3.63) is 55.8 Å². The van der Waals surface area contributed by atoms with E-state index in [2.05, 4.69) is 0 Å². The fourth-order valence-corrected chi connectivity index (χ4v) is 6.98. The SMILES string of the molecule is Cc1cc(=O)c2c(O)c3c(O)cc(O)c4c5c(O)cc(O)c6c(O)c7c(=O)cc(C)c8c1c2c(c34)c(c65)c78.Cl. The first-order valence-electron chi connectivity index (χ1n) is 11.8. The van der Waals surface area contributed by atoms with Crippen LogP contribution in [0.15, 0.2) is 33.9 Å². The van der Waals surface area contributed by atoms with Gasteiger partial charge in [0.1, 0.15) is 34.5 Å². The molecule has 0 aliphatic carbocycles. The summed E-state index contributed by atoms with van der Waals surface area (Å²) in [5, 5.41) is 69.6. The molecule has 8 nitrogen and oxygen atoms in total. The highest BCUT2D eigenvalue weighted by molar-refractivity contribution is 6.51. The number of halogens is 1. The maximum absolute atomic E-state index is 13.4. The van der Waals surface area contributed by atoms with E-state index in [1.165, 1.54) is 12.1 Å². The van der Waals surface area contributed by atoms with Crippen LogP contribution in [-0.2, 0) is 0 Å². The standard InChI is InChI=1S/C30H16O8.ClH/c1-7-3-9(31)19-23-15(7)16-8(2)4-10(32)20-24(16)28-26-18(12(34)6-14(36)22(26)30(20)38)17-11(33)5-13(35)21(29(19)37)25(17)27(23)28;/h3-6,33-38H,1-2H3;1H. The molecule has 0 spiro atoms. The second-order valence-electron chi connectivity index (χ2n) is 10.2. The van der Waals surface area contributed by atoms with E-state index in [-0.39, 0.29) is 55.5 Å². The van der Waals surface area contributed by atoms with Crippen molar-refractivity contribution < 1.29 is 30.6 Å². The fraction of sp³-hybridized carbons (Fsp3) is 0.0667. The third-order valence-electron chi connectivity index (χ3n) is 8.25. The number of phenolic OH excluding ortho intramolecular Hbond substituents is 6. The number of rotatable bonds is 0. The lowest BCUT2D eigenvalue weighted by molar-refractivity contribution is 0.450. The lowest BCUT2D eigenvalue weighted by Gasteiger charge is -2.25. The van der Waals surface area contributed by atoms with E-state index in [0.29, 0.717) is 43.4 Å². The minimum absolute atomic E-state index is 0. The van der Waals surface area contributed by atoms with Crippen molar-refractivity contribution in [2.24, 2.45) is 0 Å². The summed E-state index contributed by atoms with van der Waals surface area (Å²) in [6.07, 6.45) is 0. The molecule has 8 aromatic carbocycles. The first-order valence-corrected chi connectivity index (χ1v) is 11.8. The van der Waals surface area contributed by atoms with Crippen molar-refractivity contribution >= 4 is 87.8 Å². The number of hydrogen-bond acceptors (Lipinski definition) is 8. The van der Waals surface area contributed by atoms with Gasteiger partial charge in [-0.3, -0.25) is 9.59 Å². The molecule has 0 aliphatic heterocycles. The highest BCUT2D eigenvalue weighted by atomic mass is 35.5. The molecule has 8 aromatic rings. The van der Waals surface area contributed by atoms with Gasteiger partial charge in [0.15, 0.2) is 10.9 Å². The van der Waals surface area contributed by atoms with Crippen LogP contribution >= 0.6 is 12.4 Å².